The second-order valence-electron chi connectivity index (χ2n) is 5.87. The van der Waals surface area contributed by atoms with Gasteiger partial charge in [0.05, 0.1) is 30.2 Å². The Bertz CT molecular complexity index is 839. The van der Waals surface area contributed by atoms with E-state index in [-0.39, 0.29) is 6.42 Å². The standard InChI is InChI=1S/C16H16FN5O/c1-16(2,17)7-14(23)20-12-6-11-10-22(21-15(11)19-8-12)13-4-3-5-18-9-13/h3-6,8-10H,7H2,1-2H3,(H,20,23). The fourth-order valence-electron chi connectivity index (χ4n) is 2.19. The fourth-order valence-corrected chi connectivity index (χ4v) is 2.19. The lowest BCUT2D eigenvalue weighted by Gasteiger charge is -2.13. The number of alkyl halides is 1. The predicted octanol–water partition coefficient (Wildman–Crippen LogP) is 2.89. The lowest BCUT2D eigenvalue weighted by molar-refractivity contribution is -0.118. The van der Waals surface area contributed by atoms with Gasteiger partial charge in [-0.1, -0.05) is 0 Å². The summed E-state index contributed by atoms with van der Waals surface area (Å²) in [6.45, 7) is 2.73. The first kappa shape index (κ1) is 15.1. The monoisotopic (exact) mass is 313 g/mol. The number of hydrogen-bond acceptors (Lipinski definition) is 4. The molecule has 1 N–H and O–H groups in total. The molecule has 0 atom stereocenters. The molecule has 1 amide bonds. The zero-order valence-electron chi connectivity index (χ0n) is 12.8. The number of halogens is 1. The summed E-state index contributed by atoms with van der Waals surface area (Å²) < 4.78 is 15.2. The molecular weight excluding hydrogens is 297 g/mol. The van der Waals surface area contributed by atoms with Crippen LogP contribution in [0.25, 0.3) is 16.7 Å². The van der Waals surface area contributed by atoms with Crippen molar-refractivity contribution in [1.29, 1.82) is 0 Å². The lowest BCUT2D eigenvalue weighted by atomic mass is 10.1. The van der Waals surface area contributed by atoms with Crippen LogP contribution in [-0.2, 0) is 4.79 Å². The van der Waals surface area contributed by atoms with E-state index in [9.17, 15) is 9.18 Å². The average molecular weight is 313 g/mol. The maximum atomic E-state index is 13.5. The number of pyridine rings is 2. The summed E-state index contributed by atoms with van der Waals surface area (Å²) >= 11 is 0. The zero-order valence-corrected chi connectivity index (χ0v) is 12.8. The molecular formula is C16H16FN5O. The third kappa shape index (κ3) is 3.68. The van der Waals surface area contributed by atoms with E-state index in [0.29, 0.717) is 11.3 Å². The van der Waals surface area contributed by atoms with Crippen LogP contribution >= 0.6 is 0 Å². The van der Waals surface area contributed by atoms with E-state index in [1.807, 2.05) is 12.1 Å². The molecule has 118 valence electrons. The smallest absolute Gasteiger partial charge is 0.227 e. The van der Waals surface area contributed by atoms with Crippen molar-refractivity contribution in [2.45, 2.75) is 25.9 Å². The number of anilines is 1. The average Bonchev–Trinajstić information content (AvgIpc) is 2.89. The molecule has 3 aromatic heterocycles. The van der Waals surface area contributed by atoms with Crippen LogP contribution in [0.5, 0.6) is 0 Å². The van der Waals surface area contributed by atoms with Gasteiger partial charge >= 0.3 is 0 Å². The molecule has 0 saturated carbocycles. The Kier molecular flexibility index (Phi) is 3.77. The summed E-state index contributed by atoms with van der Waals surface area (Å²) in [6, 6.07) is 5.45. The fraction of sp³-hybridized carbons (Fsp3) is 0.250. The highest BCUT2D eigenvalue weighted by Crippen LogP contribution is 2.19. The number of carbonyl (C=O) groups excluding carboxylic acids is 1. The Morgan fingerprint density at radius 3 is 2.91 bits per heavy atom. The molecule has 0 spiro atoms. The number of aromatic nitrogens is 4. The number of hydrogen-bond donors (Lipinski definition) is 1. The second kappa shape index (κ2) is 5.75. The van der Waals surface area contributed by atoms with Gasteiger partial charge in [0, 0.05) is 17.8 Å². The van der Waals surface area contributed by atoms with Crippen LogP contribution < -0.4 is 5.32 Å². The molecule has 3 rings (SSSR count). The topological polar surface area (TPSA) is 72.7 Å². The first-order valence-electron chi connectivity index (χ1n) is 7.15. The van der Waals surface area contributed by atoms with Crippen LogP contribution in [-0.4, -0.2) is 31.3 Å². The quantitative estimate of drug-likeness (QED) is 0.804. The molecule has 3 aromatic rings. The number of amides is 1. The van der Waals surface area contributed by atoms with Crippen molar-refractivity contribution in [3.8, 4) is 5.69 Å². The number of nitrogens with zero attached hydrogens (tertiary/aromatic N) is 4. The highest BCUT2D eigenvalue weighted by Gasteiger charge is 2.20. The van der Waals surface area contributed by atoms with Crippen molar-refractivity contribution in [3.63, 3.8) is 0 Å². The van der Waals surface area contributed by atoms with E-state index in [1.54, 1.807) is 29.3 Å². The minimum atomic E-state index is -1.55. The van der Waals surface area contributed by atoms with Gasteiger partial charge in [0.25, 0.3) is 0 Å². The van der Waals surface area contributed by atoms with Gasteiger partial charge in [-0.25, -0.2) is 14.1 Å². The van der Waals surface area contributed by atoms with E-state index in [0.717, 1.165) is 11.1 Å². The minimum absolute atomic E-state index is 0.208. The first-order chi connectivity index (χ1) is 10.9. The minimum Gasteiger partial charge on any atom is -0.325 e. The van der Waals surface area contributed by atoms with Gasteiger partial charge in [0.2, 0.25) is 5.91 Å². The van der Waals surface area contributed by atoms with Crippen molar-refractivity contribution in [1.82, 2.24) is 19.7 Å². The number of rotatable bonds is 4. The highest BCUT2D eigenvalue weighted by molar-refractivity contribution is 5.93. The van der Waals surface area contributed by atoms with Gasteiger partial charge < -0.3 is 5.32 Å². The van der Waals surface area contributed by atoms with E-state index >= 15 is 0 Å². The predicted molar refractivity (Wildman–Crippen MR) is 85.1 cm³/mol. The van der Waals surface area contributed by atoms with E-state index in [2.05, 4.69) is 20.4 Å². The van der Waals surface area contributed by atoms with Crippen LogP contribution in [0.3, 0.4) is 0 Å². The summed E-state index contributed by atoms with van der Waals surface area (Å²) in [5, 5.41) is 7.77. The SMILES string of the molecule is CC(C)(F)CC(=O)Nc1cnc2nn(-c3cccnc3)cc2c1. The van der Waals surface area contributed by atoms with Crippen LogP contribution in [0.1, 0.15) is 20.3 Å². The molecule has 6 nitrogen and oxygen atoms in total. The lowest BCUT2D eigenvalue weighted by Crippen LogP contribution is -2.23. The molecule has 0 saturated heterocycles. The number of carbonyl (C=O) groups is 1. The van der Waals surface area contributed by atoms with Crippen molar-refractivity contribution in [3.05, 3.63) is 43.0 Å². The van der Waals surface area contributed by atoms with Crippen LogP contribution in [0, 0.1) is 0 Å². The molecule has 23 heavy (non-hydrogen) atoms. The van der Waals surface area contributed by atoms with E-state index in [4.69, 9.17) is 0 Å². The Morgan fingerprint density at radius 2 is 2.22 bits per heavy atom. The molecule has 0 aromatic carbocycles. The van der Waals surface area contributed by atoms with E-state index in [1.165, 1.54) is 20.0 Å². The first-order valence-corrected chi connectivity index (χ1v) is 7.15. The molecule has 0 radical (unpaired) electrons. The summed E-state index contributed by atoms with van der Waals surface area (Å²) in [6.07, 6.45) is 6.48. The summed E-state index contributed by atoms with van der Waals surface area (Å²) in [5.41, 5.74) is 0.331. The highest BCUT2D eigenvalue weighted by atomic mass is 19.1. The summed E-state index contributed by atoms with van der Waals surface area (Å²) in [4.78, 5) is 20.0. The maximum Gasteiger partial charge on any atom is 0.227 e. The number of fused-ring (bicyclic) bond motifs is 1. The summed E-state index contributed by atoms with van der Waals surface area (Å²) in [7, 11) is 0. The van der Waals surface area contributed by atoms with Crippen LogP contribution in [0.2, 0.25) is 0 Å². The van der Waals surface area contributed by atoms with Gasteiger partial charge in [0.15, 0.2) is 5.65 Å². The third-order valence-corrected chi connectivity index (χ3v) is 3.13. The second-order valence-corrected chi connectivity index (χ2v) is 5.87. The van der Waals surface area contributed by atoms with Crippen molar-refractivity contribution >= 4 is 22.6 Å². The number of nitrogens with one attached hydrogen (secondary N) is 1. The van der Waals surface area contributed by atoms with Crippen LogP contribution in [0.15, 0.2) is 43.0 Å². The maximum absolute atomic E-state index is 13.5. The van der Waals surface area contributed by atoms with Crippen molar-refractivity contribution in [2.75, 3.05) is 5.32 Å². The van der Waals surface area contributed by atoms with Gasteiger partial charge in [-0.05, 0) is 32.0 Å². The molecule has 0 aliphatic carbocycles. The van der Waals surface area contributed by atoms with Gasteiger partial charge in [-0.15, -0.1) is 5.10 Å². The Hall–Kier alpha value is -2.83. The normalized spacial score (nSPS) is 11.6. The molecule has 0 fully saturated rings. The van der Waals surface area contributed by atoms with Gasteiger partial charge in [0.1, 0.15) is 5.67 Å². The molecule has 7 heteroatoms. The van der Waals surface area contributed by atoms with Gasteiger partial charge in [-0.2, -0.15) is 0 Å². The Morgan fingerprint density at radius 1 is 1.39 bits per heavy atom. The van der Waals surface area contributed by atoms with E-state index < -0.39 is 11.6 Å². The molecule has 0 aliphatic heterocycles. The van der Waals surface area contributed by atoms with Crippen molar-refractivity contribution in [2.24, 2.45) is 0 Å². The Labute approximate surface area is 132 Å². The third-order valence-electron chi connectivity index (χ3n) is 3.13. The molecule has 0 unspecified atom stereocenters. The largest absolute Gasteiger partial charge is 0.325 e. The zero-order chi connectivity index (χ0) is 16.4. The van der Waals surface area contributed by atoms with Crippen molar-refractivity contribution < 1.29 is 9.18 Å². The van der Waals surface area contributed by atoms with Gasteiger partial charge in [-0.3, -0.25) is 9.78 Å². The molecule has 0 aliphatic rings. The molecule has 3 heterocycles. The Balaban J connectivity index is 1.84. The molecule has 0 bridgehead atoms. The van der Waals surface area contributed by atoms with Crippen LogP contribution in [0.4, 0.5) is 10.1 Å². The summed E-state index contributed by atoms with van der Waals surface area (Å²) in [5.74, 6) is -0.390.